The van der Waals surface area contributed by atoms with Gasteiger partial charge >= 0.3 is 0 Å². The number of nitrogens with one attached hydrogen (secondary N) is 1. The first kappa shape index (κ1) is 25.7. The van der Waals surface area contributed by atoms with E-state index in [1.807, 2.05) is 38.1 Å². The molecule has 0 aliphatic rings. The molecule has 2 amide bonds. The maximum absolute atomic E-state index is 13.5. The van der Waals surface area contributed by atoms with Crippen molar-refractivity contribution < 1.29 is 18.0 Å². The van der Waals surface area contributed by atoms with Gasteiger partial charge in [0.25, 0.3) is 0 Å². The summed E-state index contributed by atoms with van der Waals surface area (Å²) in [6.45, 7) is 5.26. The third kappa shape index (κ3) is 6.46. The van der Waals surface area contributed by atoms with Gasteiger partial charge in [-0.25, -0.2) is 8.42 Å². The molecule has 0 aliphatic carbocycles. The summed E-state index contributed by atoms with van der Waals surface area (Å²) in [5.41, 5.74) is 2.92. The number of hydrogen-bond acceptors (Lipinski definition) is 4. The van der Waals surface area contributed by atoms with Crippen LogP contribution in [0, 0.1) is 13.8 Å². The maximum Gasteiger partial charge on any atom is 0.244 e. The van der Waals surface area contributed by atoms with Gasteiger partial charge in [-0.15, -0.1) is 0 Å². The number of benzene rings is 2. The Bertz CT molecular complexity index is 1070. The van der Waals surface area contributed by atoms with Crippen molar-refractivity contribution >= 4 is 39.1 Å². The largest absolute Gasteiger partial charge is 0.357 e. The lowest BCUT2D eigenvalue weighted by Gasteiger charge is -2.33. The molecule has 0 fully saturated rings. The van der Waals surface area contributed by atoms with Crippen LogP contribution < -0.4 is 9.62 Å². The molecule has 0 saturated heterocycles. The van der Waals surface area contributed by atoms with Crippen LogP contribution in [-0.4, -0.2) is 51.0 Å². The Labute approximate surface area is 195 Å². The third-order valence-corrected chi connectivity index (χ3v) is 6.57. The monoisotopic (exact) mass is 479 g/mol. The predicted octanol–water partition coefficient (Wildman–Crippen LogP) is 3.28. The van der Waals surface area contributed by atoms with E-state index in [4.69, 9.17) is 11.6 Å². The normalized spacial score (nSPS) is 12.2. The van der Waals surface area contributed by atoms with Crippen LogP contribution in [0.5, 0.6) is 0 Å². The zero-order chi connectivity index (χ0) is 24.1. The number of anilines is 1. The van der Waals surface area contributed by atoms with E-state index < -0.39 is 28.5 Å². The zero-order valence-corrected chi connectivity index (χ0v) is 20.6. The fourth-order valence-corrected chi connectivity index (χ4v) is 4.60. The number of rotatable bonds is 9. The summed E-state index contributed by atoms with van der Waals surface area (Å²) in [7, 11) is -2.26. The Morgan fingerprint density at radius 3 is 2.22 bits per heavy atom. The highest BCUT2D eigenvalue weighted by molar-refractivity contribution is 7.92. The Kier molecular flexibility index (Phi) is 8.69. The number of sulfonamides is 1. The number of hydrogen-bond donors (Lipinski definition) is 1. The van der Waals surface area contributed by atoms with Crippen molar-refractivity contribution in [2.24, 2.45) is 0 Å². The molecule has 0 aliphatic heterocycles. The highest BCUT2D eigenvalue weighted by atomic mass is 35.5. The molecule has 0 saturated carbocycles. The van der Waals surface area contributed by atoms with Gasteiger partial charge in [0.05, 0.1) is 11.9 Å². The molecule has 2 rings (SSSR count). The number of halogens is 1. The van der Waals surface area contributed by atoms with Crippen LogP contribution in [0.1, 0.15) is 30.0 Å². The summed E-state index contributed by atoms with van der Waals surface area (Å²) in [6, 6.07) is 11.7. The number of aryl methyl sites for hydroxylation is 2. The van der Waals surface area contributed by atoms with Gasteiger partial charge in [-0.3, -0.25) is 13.9 Å². The van der Waals surface area contributed by atoms with Crippen LogP contribution in [0.25, 0.3) is 0 Å². The average Bonchev–Trinajstić information content (AvgIpc) is 2.72. The number of carbonyl (C=O) groups is 2. The van der Waals surface area contributed by atoms with Gasteiger partial charge in [0.1, 0.15) is 12.6 Å². The Morgan fingerprint density at radius 1 is 1.09 bits per heavy atom. The van der Waals surface area contributed by atoms with Crippen molar-refractivity contribution in [1.29, 1.82) is 0 Å². The molecular weight excluding hydrogens is 450 g/mol. The minimum absolute atomic E-state index is 0.183. The molecule has 1 atom stereocenters. The number of carbonyl (C=O) groups excluding carboxylic acids is 2. The molecule has 0 heterocycles. The van der Waals surface area contributed by atoms with Crippen molar-refractivity contribution in [2.75, 3.05) is 24.2 Å². The number of amides is 2. The lowest BCUT2D eigenvalue weighted by atomic mass is 10.1. The van der Waals surface area contributed by atoms with Crippen molar-refractivity contribution in [1.82, 2.24) is 10.2 Å². The summed E-state index contributed by atoms with van der Waals surface area (Å²) in [4.78, 5) is 27.4. The fraction of sp³-hybridized carbons (Fsp3) is 0.391. The van der Waals surface area contributed by atoms with E-state index in [-0.39, 0.29) is 12.5 Å². The second-order valence-corrected chi connectivity index (χ2v) is 10.1. The Morgan fingerprint density at radius 2 is 1.72 bits per heavy atom. The third-order valence-electron chi connectivity index (χ3n) is 5.21. The summed E-state index contributed by atoms with van der Waals surface area (Å²) < 4.78 is 26.2. The average molecular weight is 480 g/mol. The minimum atomic E-state index is -3.78. The molecule has 32 heavy (non-hydrogen) atoms. The van der Waals surface area contributed by atoms with Gasteiger partial charge in [0.2, 0.25) is 21.8 Å². The van der Waals surface area contributed by atoms with Crippen LogP contribution >= 0.6 is 11.6 Å². The highest BCUT2D eigenvalue weighted by Crippen LogP contribution is 2.26. The SMILES string of the molecule is CC[C@@H](C(=O)NC)N(Cc1ccc(C)cc1)C(=O)CN(c1ccc(Cl)cc1C)S(C)(=O)=O. The highest BCUT2D eigenvalue weighted by Gasteiger charge is 2.31. The maximum atomic E-state index is 13.5. The smallest absolute Gasteiger partial charge is 0.244 e. The summed E-state index contributed by atoms with van der Waals surface area (Å²) in [5, 5.41) is 3.07. The van der Waals surface area contributed by atoms with E-state index in [0.717, 1.165) is 21.7 Å². The topological polar surface area (TPSA) is 86.8 Å². The van der Waals surface area contributed by atoms with E-state index in [1.165, 1.54) is 11.9 Å². The van der Waals surface area contributed by atoms with Crippen LogP contribution in [0.4, 0.5) is 5.69 Å². The van der Waals surface area contributed by atoms with E-state index in [1.54, 1.807) is 25.1 Å². The molecule has 9 heteroatoms. The quantitative estimate of drug-likeness (QED) is 0.598. The molecule has 7 nitrogen and oxygen atoms in total. The second kappa shape index (κ2) is 10.8. The van der Waals surface area contributed by atoms with Gasteiger partial charge < -0.3 is 10.2 Å². The van der Waals surface area contributed by atoms with E-state index in [9.17, 15) is 18.0 Å². The molecule has 0 unspecified atom stereocenters. The van der Waals surface area contributed by atoms with E-state index in [2.05, 4.69) is 5.32 Å². The lowest BCUT2D eigenvalue weighted by molar-refractivity contribution is -0.140. The Balaban J connectivity index is 2.45. The van der Waals surface area contributed by atoms with Crippen LogP contribution in [-0.2, 0) is 26.2 Å². The molecule has 0 aromatic heterocycles. The first-order valence-corrected chi connectivity index (χ1v) is 12.5. The first-order chi connectivity index (χ1) is 15.0. The molecular formula is C23H30ClN3O4S. The molecule has 0 bridgehead atoms. The Hall–Kier alpha value is -2.58. The summed E-state index contributed by atoms with van der Waals surface area (Å²) in [6.07, 6.45) is 1.44. The summed E-state index contributed by atoms with van der Waals surface area (Å²) >= 11 is 6.02. The molecule has 2 aromatic rings. The van der Waals surface area contributed by atoms with Gasteiger partial charge in [-0.2, -0.15) is 0 Å². The molecule has 2 aromatic carbocycles. The number of likely N-dealkylation sites (N-methyl/N-ethyl adjacent to an activating group) is 1. The van der Waals surface area contributed by atoms with Gasteiger partial charge in [0, 0.05) is 18.6 Å². The standard InChI is InChI=1S/C23H30ClN3O4S/c1-6-20(23(29)25-4)26(14-18-9-7-16(2)8-10-18)22(28)15-27(32(5,30)31)21-12-11-19(24)13-17(21)3/h7-13,20H,6,14-15H2,1-5H3,(H,25,29)/t20-/m0/s1. The van der Waals surface area contributed by atoms with Crippen LogP contribution in [0.2, 0.25) is 5.02 Å². The first-order valence-electron chi connectivity index (χ1n) is 10.3. The second-order valence-electron chi connectivity index (χ2n) is 7.75. The number of nitrogens with zero attached hydrogens (tertiary/aromatic N) is 2. The molecule has 0 spiro atoms. The van der Waals surface area contributed by atoms with Crippen LogP contribution in [0.3, 0.4) is 0 Å². The predicted molar refractivity (Wildman–Crippen MR) is 128 cm³/mol. The minimum Gasteiger partial charge on any atom is -0.357 e. The fourth-order valence-electron chi connectivity index (χ4n) is 3.47. The van der Waals surface area contributed by atoms with Crippen LogP contribution in [0.15, 0.2) is 42.5 Å². The van der Waals surface area contributed by atoms with Crippen molar-refractivity contribution in [3.8, 4) is 0 Å². The van der Waals surface area contributed by atoms with Gasteiger partial charge in [-0.05, 0) is 49.6 Å². The molecule has 1 N–H and O–H groups in total. The zero-order valence-electron chi connectivity index (χ0n) is 19.1. The van der Waals surface area contributed by atoms with Crippen molar-refractivity contribution in [3.63, 3.8) is 0 Å². The van der Waals surface area contributed by atoms with Gasteiger partial charge in [0.15, 0.2) is 0 Å². The van der Waals surface area contributed by atoms with E-state index in [0.29, 0.717) is 22.7 Å². The van der Waals surface area contributed by atoms with E-state index >= 15 is 0 Å². The lowest BCUT2D eigenvalue weighted by Crippen LogP contribution is -2.51. The summed E-state index contributed by atoms with van der Waals surface area (Å²) in [5.74, 6) is -0.776. The molecule has 174 valence electrons. The molecule has 0 radical (unpaired) electrons. The van der Waals surface area contributed by atoms with Crippen molar-refractivity contribution in [2.45, 2.75) is 39.8 Å². The van der Waals surface area contributed by atoms with Crippen molar-refractivity contribution in [3.05, 3.63) is 64.2 Å². The van der Waals surface area contributed by atoms with Gasteiger partial charge in [-0.1, -0.05) is 48.4 Å².